The van der Waals surface area contributed by atoms with Crippen LogP contribution in [0, 0.1) is 0 Å². The fraction of sp³-hybridized carbons (Fsp3) is 0.400. The molecular formula is C10H11ClF3NO. The second-order valence-corrected chi connectivity index (χ2v) is 3.53. The van der Waals surface area contributed by atoms with Gasteiger partial charge in [0.2, 0.25) is 0 Å². The van der Waals surface area contributed by atoms with E-state index in [0.29, 0.717) is 0 Å². The summed E-state index contributed by atoms with van der Waals surface area (Å²) in [5.41, 5.74) is 0.759. The van der Waals surface area contributed by atoms with Crippen molar-refractivity contribution in [1.82, 2.24) is 4.84 Å². The lowest BCUT2D eigenvalue weighted by molar-refractivity contribution is -0.153. The van der Waals surface area contributed by atoms with Crippen molar-refractivity contribution in [3.05, 3.63) is 29.8 Å². The Morgan fingerprint density at radius 1 is 1.44 bits per heavy atom. The Labute approximate surface area is 96.5 Å². The molecule has 0 saturated carbocycles. The zero-order valence-electron chi connectivity index (χ0n) is 8.51. The molecule has 1 aromatic carbocycles. The molecule has 16 heavy (non-hydrogen) atoms. The van der Waals surface area contributed by atoms with Gasteiger partial charge in [0.1, 0.15) is 5.75 Å². The third kappa shape index (κ3) is 4.28. The van der Waals surface area contributed by atoms with E-state index < -0.39 is 12.8 Å². The molecule has 0 aliphatic rings. The van der Waals surface area contributed by atoms with E-state index in [9.17, 15) is 13.2 Å². The summed E-state index contributed by atoms with van der Waals surface area (Å²) < 4.78 is 40.3. The predicted octanol–water partition coefficient (Wildman–Crippen LogP) is 3.43. The third-order valence-corrected chi connectivity index (χ3v) is 2.25. The molecular weight excluding hydrogens is 243 g/mol. The Hall–Kier alpha value is -0.940. The Morgan fingerprint density at radius 2 is 2.12 bits per heavy atom. The van der Waals surface area contributed by atoms with Crippen LogP contribution in [-0.2, 0) is 0 Å². The smallest absolute Gasteiger partial charge is 0.422 e. The van der Waals surface area contributed by atoms with Crippen LogP contribution in [0.5, 0.6) is 5.75 Å². The van der Waals surface area contributed by atoms with E-state index in [1.807, 2.05) is 0 Å². The highest BCUT2D eigenvalue weighted by molar-refractivity contribution is 6.13. The molecule has 6 heteroatoms. The summed E-state index contributed by atoms with van der Waals surface area (Å²) in [4.78, 5) is 2.48. The molecule has 1 aromatic rings. The second-order valence-electron chi connectivity index (χ2n) is 3.31. The van der Waals surface area contributed by atoms with Gasteiger partial charge in [0.25, 0.3) is 0 Å². The molecule has 1 atom stereocenters. The highest BCUT2D eigenvalue weighted by Crippen LogP contribution is 2.22. The van der Waals surface area contributed by atoms with Gasteiger partial charge in [-0.15, -0.1) is 0 Å². The minimum atomic E-state index is -4.33. The summed E-state index contributed by atoms with van der Waals surface area (Å²) in [6.45, 7) is 0.495. The highest BCUT2D eigenvalue weighted by Gasteiger charge is 2.28. The maximum atomic E-state index is 11.9. The first-order valence-corrected chi connectivity index (χ1v) is 4.96. The van der Waals surface area contributed by atoms with E-state index in [0.717, 1.165) is 5.56 Å². The van der Waals surface area contributed by atoms with Crippen molar-refractivity contribution in [2.75, 3.05) is 6.61 Å². The number of hydrogen-bond acceptors (Lipinski definition) is 2. The van der Waals surface area contributed by atoms with Crippen molar-refractivity contribution in [2.24, 2.45) is 0 Å². The van der Waals surface area contributed by atoms with Crippen molar-refractivity contribution < 1.29 is 17.9 Å². The van der Waals surface area contributed by atoms with Gasteiger partial charge in [0.15, 0.2) is 6.61 Å². The first kappa shape index (κ1) is 13.1. The highest BCUT2D eigenvalue weighted by atomic mass is 35.5. The van der Waals surface area contributed by atoms with Crippen LogP contribution in [0.15, 0.2) is 24.3 Å². The zero-order chi connectivity index (χ0) is 12.2. The number of nitrogens with one attached hydrogen (secondary N) is 1. The maximum Gasteiger partial charge on any atom is 0.422 e. The van der Waals surface area contributed by atoms with Crippen LogP contribution in [0.4, 0.5) is 13.2 Å². The van der Waals surface area contributed by atoms with Crippen LogP contribution in [0.2, 0.25) is 0 Å². The van der Waals surface area contributed by atoms with Crippen LogP contribution < -0.4 is 9.57 Å². The monoisotopic (exact) mass is 253 g/mol. The topological polar surface area (TPSA) is 21.3 Å². The molecule has 0 unspecified atom stereocenters. The minimum Gasteiger partial charge on any atom is -0.484 e. The second kappa shape index (κ2) is 5.41. The van der Waals surface area contributed by atoms with Gasteiger partial charge in [-0.1, -0.05) is 12.1 Å². The standard InChI is InChI=1S/C10H11ClF3NO/c1-7(15-11)8-3-2-4-9(5-8)16-6-10(12,13)14/h2-5,7,15H,6H2,1H3/t7-/m1/s1. The summed E-state index contributed by atoms with van der Waals surface area (Å²) in [5, 5.41) is 0. The molecule has 0 aromatic heterocycles. The van der Waals surface area contributed by atoms with E-state index in [-0.39, 0.29) is 11.8 Å². The molecule has 0 saturated heterocycles. The summed E-state index contributed by atoms with van der Waals surface area (Å²) in [6.07, 6.45) is -4.33. The van der Waals surface area contributed by atoms with Gasteiger partial charge < -0.3 is 4.74 Å². The molecule has 0 bridgehead atoms. The van der Waals surface area contributed by atoms with Crippen LogP contribution in [0.1, 0.15) is 18.5 Å². The molecule has 0 heterocycles. The van der Waals surface area contributed by atoms with E-state index >= 15 is 0 Å². The van der Waals surface area contributed by atoms with Crippen molar-refractivity contribution in [1.29, 1.82) is 0 Å². The minimum absolute atomic E-state index is 0.156. The summed E-state index contributed by atoms with van der Waals surface area (Å²) in [6, 6.07) is 6.20. The molecule has 90 valence electrons. The van der Waals surface area contributed by atoms with E-state index in [1.54, 1.807) is 19.1 Å². The SMILES string of the molecule is C[C@@H](NCl)c1cccc(OCC(F)(F)F)c1. The lowest BCUT2D eigenvalue weighted by Gasteiger charge is -2.12. The van der Waals surface area contributed by atoms with Crippen LogP contribution >= 0.6 is 11.8 Å². The Morgan fingerprint density at radius 3 is 2.69 bits per heavy atom. The molecule has 2 nitrogen and oxygen atoms in total. The maximum absolute atomic E-state index is 11.9. The molecule has 0 radical (unpaired) electrons. The van der Waals surface area contributed by atoms with Crippen LogP contribution in [0.25, 0.3) is 0 Å². The van der Waals surface area contributed by atoms with Gasteiger partial charge in [-0.25, -0.2) is 4.84 Å². The number of hydrogen-bond donors (Lipinski definition) is 1. The van der Waals surface area contributed by atoms with Gasteiger partial charge >= 0.3 is 6.18 Å². The quantitative estimate of drug-likeness (QED) is 0.830. The van der Waals surface area contributed by atoms with Crippen LogP contribution in [0.3, 0.4) is 0 Å². The Balaban J connectivity index is 2.68. The molecule has 1 N–H and O–H groups in total. The van der Waals surface area contributed by atoms with Gasteiger partial charge in [-0.05, 0) is 36.4 Å². The van der Waals surface area contributed by atoms with Crippen molar-refractivity contribution in [3.8, 4) is 5.75 Å². The van der Waals surface area contributed by atoms with Crippen molar-refractivity contribution >= 4 is 11.8 Å². The van der Waals surface area contributed by atoms with Crippen molar-refractivity contribution in [2.45, 2.75) is 19.1 Å². The molecule has 1 rings (SSSR count). The lowest BCUT2D eigenvalue weighted by Crippen LogP contribution is -2.19. The average molecular weight is 254 g/mol. The number of alkyl halides is 3. The summed E-state index contributed by atoms with van der Waals surface area (Å²) in [5.74, 6) is 0.175. The number of halogens is 4. The Kier molecular flexibility index (Phi) is 4.44. The first-order chi connectivity index (χ1) is 7.42. The lowest BCUT2D eigenvalue weighted by atomic mass is 10.1. The summed E-state index contributed by atoms with van der Waals surface area (Å²) in [7, 11) is 0. The first-order valence-electron chi connectivity index (χ1n) is 4.58. The fourth-order valence-corrected chi connectivity index (χ4v) is 1.23. The molecule has 0 fully saturated rings. The van der Waals surface area contributed by atoms with Gasteiger partial charge in [0.05, 0.1) is 0 Å². The van der Waals surface area contributed by atoms with Gasteiger partial charge in [-0.2, -0.15) is 13.2 Å². The number of ether oxygens (including phenoxy) is 1. The number of benzene rings is 1. The molecule has 0 aliphatic heterocycles. The average Bonchev–Trinajstić information content (AvgIpc) is 2.25. The van der Waals surface area contributed by atoms with Gasteiger partial charge in [0, 0.05) is 6.04 Å². The van der Waals surface area contributed by atoms with Crippen LogP contribution in [-0.4, -0.2) is 12.8 Å². The zero-order valence-corrected chi connectivity index (χ0v) is 9.27. The number of rotatable bonds is 4. The fourth-order valence-electron chi connectivity index (χ4n) is 1.10. The normalized spacial score (nSPS) is 13.6. The van der Waals surface area contributed by atoms with Gasteiger partial charge in [-0.3, -0.25) is 0 Å². The predicted molar refractivity (Wildman–Crippen MR) is 55.4 cm³/mol. The Bertz CT molecular complexity index is 343. The molecule has 0 spiro atoms. The van der Waals surface area contributed by atoms with Crippen molar-refractivity contribution in [3.63, 3.8) is 0 Å². The third-order valence-electron chi connectivity index (χ3n) is 1.92. The van der Waals surface area contributed by atoms with E-state index in [2.05, 4.69) is 9.57 Å². The molecule has 0 amide bonds. The summed E-state index contributed by atoms with van der Waals surface area (Å²) >= 11 is 5.42. The van der Waals surface area contributed by atoms with E-state index in [4.69, 9.17) is 11.8 Å². The van der Waals surface area contributed by atoms with E-state index in [1.165, 1.54) is 12.1 Å². The molecule has 0 aliphatic carbocycles. The largest absolute Gasteiger partial charge is 0.484 e.